The van der Waals surface area contributed by atoms with Crippen LogP contribution in [0.15, 0.2) is 36.4 Å². The Morgan fingerprint density at radius 1 is 1.25 bits per heavy atom. The first kappa shape index (κ1) is 20.9. The van der Waals surface area contributed by atoms with E-state index in [1.807, 2.05) is 18.2 Å². The average molecular weight is 496 g/mol. The number of rotatable bonds is 7. The van der Waals surface area contributed by atoms with Crippen molar-refractivity contribution in [2.75, 3.05) is 27.3 Å². The van der Waals surface area contributed by atoms with Gasteiger partial charge in [0.1, 0.15) is 5.82 Å². The standard InChI is InChI=1S/C21H24FIN2O3/c1-27-19-11-16(23)10-18(20(19)28-2)21(26)24-12-17-4-3-9-25(17)13-14-5-7-15(22)8-6-14/h5-8,10-11,17H,3-4,9,12-13H2,1-2H3,(H,24,26)/t17-/m1/s1/i23-2. The lowest BCUT2D eigenvalue weighted by Gasteiger charge is -2.25. The summed E-state index contributed by atoms with van der Waals surface area (Å²) in [6, 6.07) is 10.5. The molecule has 1 N–H and O–H groups in total. The normalized spacial score (nSPS) is 16.8. The zero-order valence-corrected chi connectivity index (χ0v) is 18.2. The zero-order chi connectivity index (χ0) is 20.1. The van der Waals surface area contributed by atoms with Gasteiger partial charge in [0.15, 0.2) is 11.5 Å². The van der Waals surface area contributed by atoms with E-state index in [9.17, 15) is 9.18 Å². The third-order valence-electron chi connectivity index (χ3n) is 4.98. The monoisotopic (exact) mass is 496 g/mol. The largest absolute Gasteiger partial charge is 0.493 e. The van der Waals surface area contributed by atoms with Crippen molar-refractivity contribution in [3.05, 3.63) is 56.9 Å². The highest BCUT2D eigenvalue weighted by Gasteiger charge is 2.26. The van der Waals surface area contributed by atoms with E-state index < -0.39 is 0 Å². The maximum absolute atomic E-state index is 13.1. The summed E-state index contributed by atoms with van der Waals surface area (Å²) < 4.78 is 24.7. The fraction of sp³-hybridized carbons (Fsp3) is 0.381. The van der Waals surface area contributed by atoms with Crippen molar-refractivity contribution >= 4 is 28.5 Å². The molecule has 1 saturated heterocycles. The Balaban J connectivity index is 1.65. The van der Waals surface area contributed by atoms with Gasteiger partial charge in [0.05, 0.1) is 19.8 Å². The lowest BCUT2D eigenvalue weighted by atomic mass is 10.1. The van der Waals surface area contributed by atoms with Crippen LogP contribution >= 0.6 is 22.6 Å². The Morgan fingerprint density at radius 2 is 2.00 bits per heavy atom. The number of nitrogens with one attached hydrogen (secondary N) is 1. The molecular weight excluding hydrogens is 472 g/mol. The highest BCUT2D eigenvalue weighted by molar-refractivity contribution is 14.1. The van der Waals surface area contributed by atoms with Crippen molar-refractivity contribution in [2.45, 2.75) is 25.4 Å². The lowest BCUT2D eigenvalue weighted by molar-refractivity contribution is 0.0936. The van der Waals surface area contributed by atoms with Gasteiger partial charge in [0.2, 0.25) is 0 Å². The van der Waals surface area contributed by atoms with Crippen LogP contribution in [0.5, 0.6) is 11.5 Å². The predicted octanol–water partition coefficient (Wildman–Crippen LogP) is 3.84. The molecule has 150 valence electrons. The van der Waals surface area contributed by atoms with E-state index in [4.69, 9.17) is 9.47 Å². The van der Waals surface area contributed by atoms with Crippen molar-refractivity contribution in [2.24, 2.45) is 0 Å². The Labute approximate surface area is 178 Å². The molecule has 7 heteroatoms. The van der Waals surface area contributed by atoms with Crippen molar-refractivity contribution in [1.82, 2.24) is 10.2 Å². The van der Waals surface area contributed by atoms with E-state index >= 15 is 0 Å². The van der Waals surface area contributed by atoms with Crippen molar-refractivity contribution in [3.63, 3.8) is 0 Å². The number of hydrogen-bond donors (Lipinski definition) is 1. The van der Waals surface area contributed by atoms with Crippen LogP contribution in [0.3, 0.4) is 0 Å². The zero-order valence-electron chi connectivity index (χ0n) is 16.0. The van der Waals surface area contributed by atoms with Crippen molar-refractivity contribution in [3.8, 4) is 11.5 Å². The van der Waals surface area contributed by atoms with Gasteiger partial charge in [-0.2, -0.15) is 0 Å². The van der Waals surface area contributed by atoms with Gasteiger partial charge in [0.25, 0.3) is 5.91 Å². The first-order valence-corrected chi connectivity index (χ1v) is 10.3. The van der Waals surface area contributed by atoms with Crippen LogP contribution in [0.25, 0.3) is 0 Å². The van der Waals surface area contributed by atoms with Gasteiger partial charge in [-0.15, -0.1) is 0 Å². The predicted molar refractivity (Wildman–Crippen MR) is 114 cm³/mol. The van der Waals surface area contributed by atoms with Crippen LogP contribution < -0.4 is 14.8 Å². The summed E-state index contributed by atoms with van der Waals surface area (Å²) in [7, 11) is 3.09. The minimum absolute atomic E-state index is 0.178. The first-order chi connectivity index (χ1) is 13.5. The molecule has 0 radical (unpaired) electrons. The molecule has 0 aliphatic carbocycles. The summed E-state index contributed by atoms with van der Waals surface area (Å²) >= 11 is 2.15. The number of carbonyl (C=O) groups is 1. The van der Waals surface area contributed by atoms with E-state index in [-0.39, 0.29) is 17.8 Å². The third kappa shape index (κ3) is 4.94. The van der Waals surface area contributed by atoms with Crippen LogP contribution in [0.1, 0.15) is 28.8 Å². The number of ether oxygens (including phenoxy) is 2. The van der Waals surface area contributed by atoms with Gasteiger partial charge >= 0.3 is 0 Å². The minimum Gasteiger partial charge on any atom is -0.493 e. The number of benzene rings is 2. The molecule has 0 spiro atoms. The molecule has 2 aromatic rings. The Kier molecular flexibility index (Phi) is 7.12. The summed E-state index contributed by atoms with van der Waals surface area (Å²) in [6.07, 6.45) is 2.11. The molecule has 0 saturated carbocycles. The number of methoxy groups -OCH3 is 2. The van der Waals surface area contributed by atoms with Crippen molar-refractivity contribution < 1.29 is 18.7 Å². The number of likely N-dealkylation sites (tertiary alicyclic amines) is 1. The second-order valence-electron chi connectivity index (χ2n) is 6.79. The number of halogens is 2. The summed E-state index contributed by atoms with van der Waals surface area (Å²) in [6.45, 7) is 2.27. The second kappa shape index (κ2) is 9.56. The first-order valence-electron chi connectivity index (χ1n) is 9.20. The molecule has 0 aromatic heterocycles. The Morgan fingerprint density at radius 3 is 2.68 bits per heavy atom. The van der Waals surface area contributed by atoms with Gasteiger partial charge in [-0.05, 0) is 71.8 Å². The molecule has 1 fully saturated rings. The Hall–Kier alpha value is -1.87. The summed E-state index contributed by atoms with van der Waals surface area (Å²) in [5.41, 5.74) is 1.54. The van der Waals surface area contributed by atoms with E-state index in [2.05, 4.69) is 32.8 Å². The highest BCUT2D eigenvalue weighted by Crippen LogP contribution is 2.33. The van der Waals surface area contributed by atoms with Gasteiger partial charge < -0.3 is 14.8 Å². The van der Waals surface area contributed by atoms with Crippen LogP contribution in [-0.2, 0) is 6.54 Å². The smallest absolute Gasteiger partial charge is 0.255 e. The second-order valence-corrected chi connectivity index (χ2v) is 8.04. The van der Waals surface area contributed by atoms with E-state index in [1.165, 1.54) is 19.2 Å². The molecular formula is C21H24FIN2O3. The van der Waals surface area contributed by atoms with Gasteiger partial charge in [-0.25, -0.2) is 4.39 Å². The SMILES string of the molecule is COc1cc([125I])cc(C(=O)NC[C@H]2CCCN2Cc2ccc(F)cc2)c1OC. The van der Waals surface area contributed by atoms with E-state index in [0.717, 1.165) is 35.1 Å². The average Bonchev–Trinajstić information content (AvgIpc) is 3.14. The fourth-order valence-corrected chi connectivity index (χ4v) is 4.16. The van der Waals surface area contributed by atoms with Crippen LogP contribution in [0.2, 0.25) is 0 Å². The molecule has 0 bridgehead atoms. The molecule has 1 aliphatic heterocycles. The molecule has 5 nitrogen and oxygen atoms in total. The Bertz CT molecular complexity index is 829. The summed E-state index contributed by atoms with van der Waals surface area (Å²) in [5.74, 6) is 0.575. The fourth-order valence-electron chi connectivity index (χ4n) is 3.56. The van der Waals surface area contributed by atoms with E-state index in [1.54, 1.807) is 13.2 Å². The van der Waals surface area contributed by atoms with Crippen LogP contribution in [0.4, 0.5) is 4.39 Å². The maximum Gasteiger partial charge on any atom is 0.255 e. The molecule has 28 heavy (non-hydrogen) atoms. The molecule has 1 aliphatic rings. The molecule has 1 atom stereocenters. The topological polar surface area (TPSA) is 50.8 Å². The molecule has 0 unspecified atom stereocenters. The van der Waals surface area contributed by atoms with Crippen molar-refractivity contribution in [1.29, 1.82) is 0 Å². The number of nitrogens with zero attached hydrogens (tertiary/aromatic N) is 1. The molecule has 2 aromatic carbocycles. The maximum atomic E-state index is 13.1. The molecule has 3 rings (SSSR count). The highest BCUT2D eigenvalue weighted by atomic mass is 125. The number of amides is 1. The van der Waals surface area contributed by atoms with Crippen LogP contribution in [0, 0.1) is 9.39 Å². The van der Waals surface area contributed by atoms with Gasteiger partial charge in [-0.1, -0.05) is 12.1 Å². The van der Waals surface area contributed by atoms with E-state index in [0.29, 0.717) is 23.6 Å². The number of hydrogen-bond acceptors (Lipinski definition) is 4. The summed E-state index contributed by atoms with van der Waals surface area (Å²) in [4.78, 5) is 15.1. The number of carbonyl (C=O) groups excluding carboxylic acids is 1. The third-order valence-corrected chi connectivity index (χ3v) is 5.61. The summed E-state index contributed by atoms with van der Waals surface area (Å²) in [5, 5.41) is 3.04. The van der Waals surface area contributed by atoms with Gasteiger partial charge in [-0.3, -0.25) is 9.69 Å². The molecule has 1 heterocycles. The quantitative estimate of drug-likeness (QED) is 0.593. The van der Waals surface area contributed by atoms with Gasteiger partial charge in [0, 0.05) is 22.7 Å². The lowest BCUT2D eigenvalue weighted by Crippen LogP contribution is -2.40. The van der Waals surface area contributed by atoms with Crippen LogP contribution in [-0.4, -0.2) is 44.2 Å². The minimum atomic E-state index is -0.226. The molecule has 1 amide bonds.